The second kappa shape index (κ2) is 4.80. The molecular weight excluding hydrogens is 220 g/mol. The summed E-state index contributed by atoms with van der Waals surface area (Å²) in [5.41, 5.74) is 1.41. The number of aromatic nitrogens is 2. The van der Waals surface area contributed by atoms with Crippen molar-refractivity contribution in [1.82, 2.24) is 9.55 Å². The predicted octanol–water partition coefficient (Wildman–Crippen LogP) is 1.08. The van der Waals surface area contributed by atoms with E-state index in [0.717, 1.165) is 5.69 Å². The molecule has 0 fully saturated rings. The van der Waals surface area contributed by atoms with Crippen LogP contribution in [0.15, 0.2) is 43.0 Å². The lowest BCUT2D eigenvalue weighted by Gasteiger charge is -2.09. The Morgan fingerprint density at radius 2 is 2.12 bits per heavy atom. The minimum absolute atomic E-state index is 0.501. The van der Waals surface area contributed by atoms with E-state index in [9.17, 15) is 9.90 Å². The van der Waals surface area contributed by atoms with Crippen LogP contribution in [0.3, 0.4) is 0 Å². The smallest absolute Gasteiger partial charge is 0.339 e. The topological polar surface area (TPSA) is 64.3 Å². The highest BCUT2D eigenvalue weighted by atomic mass is 16.5. The minimum Gasteiger partial charge on any atom is -0.467 e. The summed E-state index contributed by atoms with van der Waals surface area (Å²) in [6.07, 6.45) is 3.92. The third-order valence-corrected chi connectivity index (χ3v) is 2.44. The number of hydrogen-bond acceptors (Lipinski definition) is 4. The summed E-state index contributed by atoms with van der Waals surface area (Å²) in [4.78, 5) is 15.1. The Hall–Kier alpha value is -2.14. The van der Waals surface area contributed by atoms with Crippen molar-refractivity contribution in [3.63, 3.8) is 0 Å². The van der Waals surface area contributed by atoms with E-state index in [0.29, 0.717) is 5.56 Å². The second-order valence-electron chi connectivity index (χ2n) is 3.49. The summed E-state index contributed by atoms with van der Waals surface area (Å²) in [5, 5.41) is 9.62. The first-order chi connectivity index (χ1) is 8.22. The Labute approximate surface area is 98.3 Å². The molecule has 0 spiro atoms. The van der Waals surface area contributed by atoms with Crippen molar-refractivity contribution in [3.8, 4) is 5.69 Å². The molecule has 1 N–H and O–H groups in total. The number of ether oxygens (including phenoxy) is 1. The molecule has 5 nitrogen and oxygen atoms in total. The van der Waals surface area contributed by atoms with Crippen molar-refractivity contribution >= 4 is 5.97 Å². The maximum atomic E-state index is 11.1. The SMILES string of the molecule is COC(=O)C(O)c1ccc(-n2ccnc2)cc1. The Bertz CT molecular complexity index is 491. The molecule has 0 bridgehead atoms. The van der Waals surface area contributed by atoms with Gasteiger partial charge >= 0.3 is 5.97 Å². The van der Waals surface area contributed by atoms with Gasteiger partial charge in [0.2, 0.25) is 0 Å². The van der Waals surface area contributed by atoms with Gasteiger partial charge < -0.3 is 14.4 Å². The van der Waals surface area contributed by atoms with Gasteiger partial charge in [0.05, 0.1) is 13.4 Å². The number of carbonyl (C=O) groups is 1. The fourth-order valence-corrected chi connectivity index (χ4v) is 1.49. The molecule has 17 heavy (non-hydrogen) atoms. The molecule has 2 aromatic rings. The number of hydrogen-bond donors (Lipinski definition) is 1. The fraction of sp³-hybridized carbons (Fsp3) is 0.167. The van der Waals surface area contributed by atoms with Crippen LogP contribution in [0, 0.1) is 0 Å². The lowest BCUT2D eigenvalue weighted by atomic mass is 10.1. The van der Waals surface area contributed by atoms with Crippen LogP contribution >= 0.6 is 0 Å². The average molecular weight is 232 g/mol. The number of aliphatic hydroxyl groups is 1. The van der Waals surface area contributed by atoms with Crippen LogP contribution in [0.5, 0.6) is 0 Å². The van der Waals surface area contributed by atoms with E-state index in [-0.39, 0.29) is 0 Å². The highest BCUT2D eigenvalue weighted by molar-refractivity contribution is 5.76. The van der Waals surface area contributed by atoms with E-state index in [1.54, 1.807) is 36.8 Å². The normalized spacial score (nSPS) is 12.1. The molecule has 1 unspecified atom stereocenters. The molecular formula is C12H12N2O3. The average Bonchev–Trinajstić information content (AvgIpc) is 2.91. The van der Waals surface area contributed by atoms with Gasteiger partial charge in [0.25, 0.3) is 0 Å². The van der Waals surface area contributed by atoms with Crippen molar-refractivity contribution in [3.05, 3.63) is 48.5 Å². The van der Waals surface area contributed by atoms with E-state index >= 15 is 0 Å². The van der Waals surface area contributed by atoms with Gasteiger partial charge in [0.1, 0.15) is 0 Å². The standard InChI is InChI=1S/C12H12N2O3/c1-17-12(16)11(15)9-2-4-10(5-3-9)14-7-6-13-8-14/h2-8,11,15H,1H3. The van der Waals surface area contributed by atoms with E-state index < -0.39 is 12.1 Å². The Morgan fingerprint density at radius 1 is 1.41 bits per heavy atom. The van der Waals surface area contributed by atoms with Gasteiger partial charge in [-0.05, 0) is 17.7 Å². The van der Waals surface area contributed by atoms with Crippen molar-refractivity contribution in [1.29, 1.82) is 0 Å². The maximum absolute atomic E-state index is 11.1. The molecule has 0 aliphatic rings. The van der Waals surface area contributed by atoms with Gasteiger partial charge in [-0.15, -0.1) is 0 Å². The van der Waals surface area contributed by atoms with Crippen LogP contribution < -0.4 is 0 Å². The van der Waals surface area contributed by atoms with Gasteiger partial charge in [-0.3, -0.25) is 0 Å². The van der Waals surface area contributed by atoms with E-state index in [1.165, 1.54) is 7.11 Å². The lowest BCUT2D eigenvalue weighted by molar-refractivity contribution is -0.150. The number of carbonyl (C=O) groups excluding carboxylic acids is 1. The van der Waals surface area contributed by atoms with Gasteiger partial charge in [-0.25, -0.2) is 9.78 Å². The number of aliphatic hydroxyl groups excluding tert-OH is 1. The van der Waals surface area contributed by atoms with Crippen LogP contribution in [-0.2, 0) is 9.53 Å². The number of rotatable bonds is 3. The maximum Gasteiger partial charge on any atom is 0.339 e. The Kier molecular flexibility index (Phi) is 3.20. The molecule has 0 aliphatic carbocycles. The van der Waals surface area contributed by atoms with E-state index in [4.69, 9.17) is 0 Å². The number of benzene rings is 1. The molecule has 0 saturated heterocycles. The van der Waals surface area contributed by atoms with Crippen molar-refractivity contribution in [2.75, 3.05) is 7.11 Å². The summed E-state index contributed by atoms with van der Waals surface area (Å²) in [5.74, 6) is -0.666. The van der Waals surface area contributed by atoms with E-state index in [2.05, 4.69) is 9.72 Å². The van der Waals surface area contributed by atoms with Crippen molar-refractivity contribution in [2.45, 2.75) is 6.10 Å². The summed E-state index contributed by atoms with van der Waals surface area (Å²) < 4.78 is 6.29. The first kappa shape index (κ1) is 11.3. The third-order valence-electron chi connectivity index (χ3n) is 2.44. The van der Waals surface area contributed by atoms with Gasteiger partial charge in [0, 0.05) is 18.1 Å². The van der Waals surface area contributed by atoms with Crippen LogP contribution in [0.2, 0.25) is 0 Å². The highest BCUT2D eigenvalue weighted by Gasteiger charge is 2.17. The van der Waals surface area contributed by atoms with Crippen molar-refractivity contribution in [2.24, 2.45) is 0 Å². The van der Waals surface area contributed by atoms with E-state index in [1.807, 2.05) is 10.8 Å². The largest absolute Gasteiger partial charge is 0.467 e. The minimum atomic E-state index is -1.24. The molecule has 88 valence electrons. The van der Waals surface area contributed by atoms with Gasteiger partial charge in [0.15, 0.2) is 6.10 Å². The molecule has 5 heteroatoms. The molecule has 0 amide bonds. The predicted molar refractivity (Wildman–Crippen MR) is 60.5 cm³/mol. The summed E-state index contributed by atoms with van der Waals surface area (Å²) in [6.45, 7) is 0. The fourth-order valence-electron chi connectivity index (χ4n) is 1.49. The molecule has 2 rings (SSSR count). The molecule has 1 aromatic carbocycles. The first-order valence-electron chi connectivity index (χ1n) is 5.06. The number of esters is 1. The second-order valence-corrected chi connectivity index (χ2v) is 3.49. The summed E-state index contributed by atoms with van der Waals surface area (Å²) in [7, 11) is 1.24. The number of methoxy groups -OCH3 is 1. The Morgan fingerprint density at radius 3 is 2.65 bits per heavy atom. The molecule has 0 saturated carbocycles. The quantitative estimate of drug-likeness (QED) is 0.804. The highest BCUT2D eigenvalue weighted by Crippen LogP contribution is 2.16. The first-order valence-corrected chi connectivity index (χ1v) is 5.06. The molecule has 1 aromatic heterocycles. The lowest BCUT2D eigenvalue weighted by Crippen LogP contribution is -2.13. The van der Waals surface area contributed by atoms with Crippen molar-refractivity contribution < 1.29 is 14.6 Å². The zero-order valence-corrected chi connectivity index (χ0v) is 9.28. The zero-order valence-electron chi connectivity index (χ0n) is 9.28. The van der Waals surface area contributed by atoms with Crippen LogP contribution in [0.1, 0.15) is 11.7 Å². The molecule has 1 heterocycles. The van der Waals surface area contributed by atoms with Crippen LogP contribution in [-0.4, -0.2) is 27.7 Å². The number of nitrogens with zero attached hydrogens (tertiary/aromatic N) is 2. The van der Waals surface area contributed by atoms with Gasteiger partial charge in [-0.1, -0.05) is 12.1 Å². The number of imidazole rings is 1. The molecule has 1 atom stereocenters. The third kappa shape index (κ3) is 2.34. The molecule has 0 radical (unpaired) electrons. The van der Waals surface area contributed by atoms with Crippen LogP contribution in [0.25, 0.3) is 5.69 Å². The monoisotopic (exact) mass is 232 g/mol. The molecule has 0 aliphatic heterocycles. The summed E-state index contributed by atoms with van der Waals surface area (Å²) >= 11 is 0. The Balaban J connectivity index is 2.21. The van der Waals surface area contributed by atoms with Crippen LogP contribution in [0.4, 0.5) is 0 Å². The van der Waals surface area contributed by atoms with Gasteiger partial charge in [-0.2, -0.15) is 0 Å². The summed E-state index contributed by atoms with van der Waals surface area (Å²) in [6, 6.07) is 6.94. The zero-order chi connectivity index (χ0) is 12.3.